The van der Waals surface area contributed by atoms with Crippen LogP contribution in [0.1, 0.15) is 26.2 Å². The first-order valence-corrected chi connectivity index (χ1v) is 6.41. The molecule has 0 rings (SSSR count). The largest absolute Gasteiger partial charge is 0.421 e. The van der Waals surface area contributed by atoms with Gasteiger partial charge in [0.25, 0.3) is 0 Å². The van der Waals surface area contributed by atoms with E-state index in [4.69, 9.17) is 4.55 Å². The smallest absolute Gasteiger partial charge is 0.362 e. The lowest BCUT2D eigenvalue weighted by Gasteiger charge is -2.26. The maximum absolute atomic E-state index is 12.9. The predicted octanol–water partition coefficient (Wildman–Crippen LogP) is 2.60. The summed E-state index contributed by atoms with van der Waals surface area (Å²) in [5, 5.41) is -5.43. The highest BCUT2D eigenvalue weighted by Gasteiger charge is 2.64. The second-order valence-corrected chi connectivity index (χ2v) is 5.03. The Morgan fingerprint density at radius 3 is 2.00 bits per heavy atom. The summed E-state index contributed by atoms with van der Waals surface area (Å²) < 4.78 is 95.2. The van der Waals surface area contributed by atoms with E-state index in [-0.39, 0.29) is 6.42 Å². The van der Waals surface area contributed by atoms with Crippen molar-refractivity contribution in [1.82, 2.24) is 0 Å². The van der Waals surface area contributed by atoms with Gasteiger partial charge in [-0.05, 0) is 6.42 Å². The maximum Gasteiger partial charge on any atom is 0.421 e. The number of ether oxygens (including phenoxy) is 1. The average molecular weight is 300 g/mol. The molecule has 0 aromatic rings. The molecule has 110 valence electrons. The van der Waals surface area contributed by atoms with Crippen molar-refractivity contribution in [1.29, 1.82) is 0 Å². The van der Waals surface area contributed by atoms with E-state index in [0.29, 0.717) is 12.8 Å². The van der Waals surface area contributed by atoms with Crippen LogP contribution < -0.4 is 0 Å². The molecule has 1 N–H and O–H groups in total. The van der Waals surface area contributed by atoms with Crippen LogP contribution in [0.4, 0.5) is 22.0 Å². The lowest BCUT2D eigenvalue weighted by atomic mass is 10.2. The van der Waals surface area contributed by atoms with Crippen LogP contribution in [0.15, 0.2) is 0 Å². The molecule has 0 spiro atoms. The molecule has 1 unspecified atom stereocenters. The Morgan fingerprint density at radius 2 is 1.67 bits per heavy atom. The molecule has 0 aliphatic carbocycles. The number of hydrogen-bond acceptors (Lipinski definition) is 3. The Bertz CT molecular complexity index is 351. The summed E-state index contributed by atoms with van der Waals surface area (Å²) >= 11 is 0. The summed E-state index contributed by atoms with van der Waals surface area (Å²) in [6.45, 7) is 1.05. The Labute approximate surface area is 101 Å². The van der Waals surface area contributed by atoms with Gasteiger partial charge in [-0.3, -0.25) is 4.55 Å². The fourth-order valence-electron chi connectivity index (χ4n) is 1.07. The zero-order valence-electron chi connectivity index (χ0n) is 9.38. The third-order valence-corrected chi connectivity index (χ3v) is 2.88. The van der Waals surface area contributed by atoms with E-state index in [1.807, 2.05) is 0 Å². The lowest BCUT2D eigenvalue weighted by Crippen LogP contribution is -2.51. The van der Waals surface area contributed by atoms with Crippen LogP contribution in [-0.4, -0.2) is 37.1 Å². The van der Waals surface area contributed by atoms with Crippen molar-refractivity contribution in [2.45, 2.75) is 43.7 Å². The van der Waals surface area contributed by atoms with Gasteiger partial charge in [0.2, 0.25) is 6.10 Å². The van der Waals surface area contributed by atoms with E-state index in [2.05, 4.69) is 4.74 Å². The van der Waals surface area contributed by atoms with Crippen LogP contribution in [0.5, 0.6) is 0 Å². The monoisotopic (exact) mass is 300 g/mol. The third-order valence-electron chi connectivity index (χ3n) is 1.98. The molecular formula is C8H13F5O4S. The Balaban J connectivity index is 4.92. The molecule has 0 saturated heterocycles. The quantitative estimate of drug-likeness (QED) is 0.446. The number of hydrogen-bond donors (Lipinski definition) is 1. The molecule has 0 aliphatic heterocycles. The highest BCUT2D eigenvalue weighted by Crippen LogP contribution is 2.37. The molecule has 0 bridgehead atoms. The fourth-order valence-corrected chi connectivity index (χ4v) is 1.54. The van der Waals surface area contributed by atoms with E-state index in [1.165, 1.54) is 0 Å². The van der Waals surface area contributed by atoms with Crippen molar-refractivity contribution in [3.63, 3.8) is 0 Å². The minimum Gasteiger partial charge on any atom is -0.362 e. The molecule has 0 aliphatic rings. The van der Waals surface area contributed by atoms with E-state index >= 15 is 0 Å². The Kier molecular flexibility index (Phi) is 5.95. The first-order valence-electron chi connectivity index (χ1n) is 4.97. The van der Waals surface area contributed by atoms with Crippen LogP contribution >= 0.6 is 0 Å². The third kappa shape index (κ3) is 4.65. The summed E-state index contributed by atoms with van der Waals surface area (Å²) in [4.78, 5) is 0. The fraction of sp³-hybridized carbons (Fsp3) is 1.00. The Hall–Kier alpha value is -0.480. The van der Waals surface area contributed by atoms with Crippen LogP contribution in [0.3, 0.4) is 0 Å². The molecule has 0 aromatic heterocycles. The van der Waals surface area contributed by atoms with Crippen LogP contribution in [0.2, 0.25) is 0 Å². The van der Waals surface area contributed by atoms with Crippen LogP contribution in [-0.2, 0) is 14.9 Å². The average Bonchev–Trinajstić information content (AvgIpc) is 2.13. The van der Waals surface area contributed by atoms with E-state index in [1.54, 1.807) is 6.92 Å². The topological polar surface area (TPSA) is 63.6 Å². The summed E-state index contributed by atoms with van der Waals surface area (Å²) in [5.41, 5.74) is 0. The molecule has 18 heavy (non-hydrogen) atoms. The van der Waals surface area contributed by atoms with E-state index in [9.17, 15) is 30.4 Å². The van der Waals surface area contributed by atoms with Crippen molar-refractivity contribution >= 4 is 10.1 Å². The Morgan fingerprint density at radius 1 is 1.17 bits per heavy atom. The zero-order chi connectivity index (χ0) is 14.6. The zero-order valence-corrected chi connectivity index (χ0v) is 10.2. The highest BCUT2D eigenvalue weighted by atomic mass is 32.2. The minimum atomic E-state index is -6.21. The first-order chi connectivity index (χ1) is 7.94. The molecule has 0 aromatic carbocycles. The summed E-state index contributed by atoms with van der Waals surface area (Å²) in [6, 6.07) is 0. The van der Waals surface area contributed by atoms with Gasteiger partial charge >= 0.3 is 21.5 Å². The molecule has 10 heteroatoms. The summed E-state index contributed by atoms with van der Waals surface area (Å²) in [6.07, 6.45) is -8.34. The van der Waals surface area contributed by atoms with Gasteiger partial charge in [0, 0.05) is 6.61 Å². The van der Waals surface area contributed by atoms with Gasteiger partial charge in [-0.2, -0.15) is 30.4 Å². The van der Waals surface area contributed by atoms with Crippen molar-refractivity contribution in [3.05, 3.63) is 0 Å². The van der Waals surface area contributed by atoms with Gasteiger partial charge < -0.3 is 4.74 Å². The number of rotatable bonds is 7. The SMILES string of the molecule is CCCCCOC(C(F)(F)F)C(F)(F)S(=O)(=O)O. The van der Waals surface area contributed by atoms with Crippen molar-refractivity contribution in [2.75, 3.05) is 6.61 Å². The van der Waals surface area contributed by atoms with Crippen molar-refractivity contribution in [3.8, 4) is 0 Å². The van der Waals surface area contributed by atoms with E-state index < -0.39 is 34.3 Å². The molecular weight excluding hydrogens is 287 g/mol. The lowest BCUT2D eigenvalue weighted by molar-refractivity contribution is -0.264. The molecule has 4 nitrogen and oxygen atoms in total. The molecule has 0 fully saturated rings. The van der Waals surface area contributed by atoms with Crippen LogP contribution in [0.25, 0.3) is 0 Å². The summed E-state index contributed by atoms with van der Waals surface area (Å²) in [5.74, 6) is 0. The van der Waals surface area contributed by atoms with Gasteiger partial charge in [-0.1, -0.05) is 19.8 Å². The summed E-state index contributed by atoms with van der Waals surface area (Å²) in [7, 11) is -6.21. The van der Waals surface area contributed by atoms with Crippen molar-refractivity contribution < 1.29 is 39.7 Å². The molecule has 0 heterocycles. The van der Waals surface area contributed by atoms with Gasteiger partial charge in [0.05, 0.1) is 0 Å². The number of unbranched alkanes of at least 4 members (excludes halogenated alkanes) is 2. The number of halogens is 5. The molecule has 0 amide bonds. The van der Waals surface area contributed by atoms with Crippen molar-refractivity contribution in [2.24, 2.45) is 0 Å². The minimum absolute atomic E-state index is 0.0740. The second-order valence-electron chi connectivity index (χ2n) is 3.54. The van der Waals surface area contributed by atoms with Gasteiger partial charge in [-0.15, -0.1) is 0 Å². The normalized spacial score (nSPS) is 15.7. The standard InChI is InChI=1S/C8H13F5O4S/c1-2-3-4-5-17-6(7(9,10)11)8(12,13)18(14,15)16/h6H,2-5H2,1H3,(H,14,15,16). The molecule has 1 atom stereocenters. The maximum atomic E-state index is 12.9. The first kappa shape index (κ1) is 17.5. The van der Waals surface area contributed by atoms with Crippen LogP contribution in [0, 0.1) is 0 Å². The van der Waals surface area contributed by atoms with E-state index in [0.717, 1.165) is 0 Å². The van der Waals surface area contributed by atoms with Gasteiger partial charge in [-0.25, -0.2) is 0 Å². The molecule has 0 radical (unpaired) electrons. The number of alkyl halides is 5. The van der Waals surface area contributed by atoms with Gasteiger partial charge in [0.15, 0.2) is 0 Å². The van der Waals surface area contributed by atoms with Gasteiger partial charge in [0.1, 0.15) is 0 Å². The second kappa shape index (κ2) is 6.11. The predicted molar refractivity (Wildman–Crippen MR) is 51.8 cm³/mol. The molecule has 0 saturated carbocycles. The highest BCUT2D eigenvalue weighted by molar-refractivity contribution is 7.86.